The van der Waals surface area contributed by atoms with E-state index in [0.29, 0.717) is 10.8 Å². The lowest BCUT2D eigenvalue weighted by Crippen LogP contribution is -2.15. The largest absolute Gasteiger partial charge is 0.464 e. The van der Waals surface area contributed by atoms with Crippen LogP contribution >= 0.6 is 12.2 Å². The van der Waals surface area contributed by atoms with Crippen LogP contribution in [0.4, 0.5) is 5.82 Å². The SMILES string of the molecule is Cc1ccc(C(C)Nc2ncccc2C(N)=S)o1. The molecule has 1 atom stereocenters. The quantitative estimate of drug-likeness (QED) is 0.829. The Hall–Kier alpha value is -1.88. The lowest BCUT2D eigenvalue weighted by atomic mass is 10.2. The van der Waals surface area contributed by atoms with E-state index in [9.17, 15) is 0 Å². The summed E-state index contributed by atoms with van der Waals surface area (Å²) in [7, 11) is 0. The molecule has 0 aromatic carbocycles. The van der Waals surface area contributed by atoms with Crippen molar-refractivity contribution in [1.82, 2.24) is 4.98 Å². The van der Waals surface area contributed by atoms with Gasteiger partial charge < -0.3 is 15.5 Å². The third-order valence-electron chi connectivity index (χ3n) is 2.61. The first-order valence-corrected chi connectivity index (χ1v) is 6.06. The van der Waals surface area contributed by atoms with Gasteiger partial charge in [-0.3, -0.25) is 0 Å². The van der Waals surface area contributed by atoms with Gasteiger partial charge in [-0.15, -0.1) is 0 Å². The monoisotopic (exact) mass is 261 g/mol. The molecule has 0 saturated carbocycles. The molecule has 94 valence electrons. The minimum atomic E-state index is 0.00157. The van der Waals surface area contributed by atoms with E-state index >= 15 is 0 Å². The molecule has 0 spiro atoms. The summed E-state index contributed by atoms with van der Waals surface area (Å²) < 4.78 is 5.56. The second-order valence-corrected chi connectivity index (χ2v) is 4.52. The van der Waals surface area contributed by atoms with Crippen LogP contribution in [0, 0.1) is 6.92 Å². The number of rotatable bonds is 4. The van der Waals surface area contributed by atoms with Gasteiger partial charge in [0.15, 0.2) is 0 Å². The maximum absolute atomic E-state index is 5.66. The zero-order chi connectivity index (χ0) is 13.1. The summed E-state index contributed by atoms with van der Waals surface area (Å²) in [6.07, 6.45) is 1.70. The molecular formula is C13H15N3OS. The Kier molecular flexibility index (Phi) is 3.62. The number of pyridine rings is 1. The zero-order valence-electron chi connectivity index (χ0n) is 10.3. The average Bonchev–Trinajstić information content (AvgIpc) is 2.76. The van der Waals surface area contributed by atoms with Gasteiger partial charge in [0.2, 0.25) is 0 Å². The molecule has 0 fully saturated rings. The van der Waals surface area contributed by atoms with Gasteiger partial charge in [0.05, 0.1) is 11.6 Å². The lowest BCUT2D eigenvalue weighted by molar-refractivity contribution is 0.466. The van der Waals surface area contributed by atoms with Crippen molar-refractivity contribution in [3.63, 3.8) is 0 Å². The van der Waals surface area contributed by atoms with Gasteiger partial charge in [-0.25, -0.2) is 4.98 Å². The standard InChI is InChI=1S/C13H15N3OS/c1-8-5-6-11(17-8)9(2)16-13-10(12(14)18)4-3-7-15-13/h3-7,9H,1-2H3,(H2,14,18)(H,15,16). The molecule has 0 aliphatic rings. The van der Waals surface area contributed by atoms with Crippen LogP contribution in [0.15, 0.2) is 34.9 Å². The van der Waals surface area contributed by atoms with Crippen molar-refractivity contribution in [1.29, 1.82) is 0 Å². The number of hydrogen-bond donors (Lipinski definition) is 2. The first-order valence-electron chi connectivity index (χ1n) is 5.65. The number of aromatic nitrogens is 1. The number of thiocarbonyl (C=S) groups is 1. The number of hydrogen-bond acceptors (Lipinski definition) is 4. The van der Waals surface area contributed by atoms with E-state index in [1.807, 2.05) is 32.0 Å². The molecule has 0 aliphatic carbocycles. The van der Waals surface area contributed by atoms with Crippen LogP contribution in [0.2, 0.25) is 0 Å². The van der Waals surface area contributed by atoms with Crippen LogP contribution in [0.25, 0.3) is 0 Å². The number of nitrogens with two attached hydrogens (primary N) is 1. The number of anilines is 1. The Bertz CT molecular complexity index is 565. The fourth-order valence-corrected chi connectivity index (χ4v) is 1.85. The van der Waals surface area contributed by atoms with Gasteiger partial charge in [0, 0.05) is 6.20 Å². The highest BCUT2D eigenvalue weighted by Gasteiger charge is 2.13. The Morgan fingerprint density at radius 3 is 2.83 bits per heavy atom. The van der Waals surface area contributed by atoms with E-state index in [4.69, 9.17) is 22.4 Å². The van der Waals surface area contributed by atoms with Crippen molar-refractivity contribution in [2.45, 2.75) is 19.9 Å². The Morgan fingerprint density at radius 1 is 1.44 bits per heavy atom. The van der Waals surface area contributed by atoms with Crippen molar-refractivity contribution in [3.8, 4) is 0 Å². The molecule has 0 saturated heterocycles. The molecule has 0 aliphatic heterocycles. The first kappa shape index (κ1) is 12.6. The fourth-order valence-electron chi connectivity index (χ4n) is 1.68. The summed E-state index contributed by atoms with van der Waals surface area (Å²) in [6.45, 7) is 3.91. The summed E-state index contributed by atoms with van der Waals surface area (Å²) in [6, 6.07) is 7.53. The molecular weight excluding hydrogens is 246 g/mol. The molecule has 4 nitrogen and oxygen atoms in total. The number of nitrogens with zero attached hydrogens (tertiary/aromatic N) is 1. The molecule has 2 aromatic rings. The number of aryl methyl sites for hydroxylation is 1. The van der Waals surface area contributed by atoms with Gasteiger partial charge in [0.25, 0.3) is 0 Å². The fraction of sp³-hybridized carbons (Fsp3) is 0.231. The van der Waals surface area contributed by atoms with Crippen LogP contribution in [0.5, 0.6) is 0 Å². The number of furan rings is 1. The molecule has 2 heterocycles. The highest BCUT2D eigenvalue weighted by molar-refractivity contribution is 7.80. The summed E-state index contributed by atoms with van der Waals surface area (Å²) in [5, 5.41) is 3.25. The second-order valence-electron chi connectivity index (χ2n) is 4.08. The van der Waals surface area contributed by atoms with E-state index in [0.717, 1.165) is 17.1 Å². The minimum absolute atomic E-state index is 0.00157. The highest BCUT2D eigenvalue weighted by Crippen LogP contribution is 2.21. The van der Waals surface area contributed by atoms with E-state index in [2.05, 4.69) is 10.3 Å². The Labute approximate surface area is 111 Å². The molecule has 3 N–H and O–H groups in total. The van der Waals surface area contributed by atoms with E-state index in [-0.39, 0.29) is 6.04 Å². The molecule has 0 radical (unpaired) electrons. The number of nitrogens with one attached hydrogen (secondary N) is 1. The van der Waals surface area contributed by atoms with Crippen molar-refractivity contribution in [2.75, 3.05) is 5.32 Å². The Balaban J connectivity index is 2.21. The molecule has 0 amide bonds. The molecule has 5 heteroatoms. The van der Waals surface area contributed by atoms with Gasteiger partial charge in [-0.05, 0) is 38.1 Å². The van der Waals surface area contributed by atoms with Gasteiger partial charge in [0.1, 0.15) is 22.3 Å². The van der Waals surface area contributed by atoms with Gasteiger partial charge >= 0.3 is 0 Å². The van der Waals surface area contributed by atoms with Crippen molar-refractivity contribution in [3.05, 3.63) is 47.5 Å². The molecule has 2 aromatic heterocycles. The van der Waals surface area contributed by atoms with Crippen LogP contribution < -0.4 is 11.1 Å². The van der Waals surface area contributed by atoms with Crippen LogP contribution in [0.1, 0.15) is 30.0 Å². The van der Waals surface area contributed by atoms with Crippen molar-refractivity contribution >= 4 is 23.0 Å². The summed E-state index contributed by atoms with van der Waals surface area (Å²) in [4.78, 5) is 4.58. The topological polar surface area (TPSA) is 64.1 Å². The van der Waals surface area contributed by atoms with Gasteiger partial charge in [-0.2, -0.15) is 0 Å². The van der Waals surface area contributed by atoms with Crippen molar-refractivity contribution < 1.29 is 4.42 Å². The average molecular weight is 261 g/mol. The van der Waals surface area contributed by atoms with Crippen molar-refractivity contribution in [2.24, 2.45) is 5.73 Å². The maximum atomic E-state index is 5.66. The van der Waals surface area contributed by atoms with E-state index < -0.39 is 0 Å². The smallest absolute Gasteiger partial charge is 0.136 e. The molecule has 0 bridgehead atoms. The first-order chi connectivity index (χ1) is 8.58. The summed E-state index contributed by atoms with van der Waals surface area (Å²) >= 11 is 5.00. The highest BCUT2D eigenvalue weighted by atomic mass is 32.1. The van der Waals surface area contributed by atoms with E-state index in [1.165, 1.54) is 0 Å². The summed E-state index contributed by atoms with van der Waals surface area (Å²) in [5.74, 6) is 2.41. The molecule has 1 unspecified atom stereocenters. The maximum Gasteiger partial charge on any atom is 0.136 e. The van der Waals surface area contributed by atoms with Crippen LogP contribution in [-0.2, 0) is 0 Å². The van der Waals surface area contributed by atoms with Crippen LogP contribution in [-0.4, -0.2) is 9.97 Å². The second kappa shape index (κ2) is 5.18. The molecule has 18 heavy (non-hydrogen) atoms. The zero-order valence-corrected chi connectivity index (χ0v) is 11.1. The van der Waals surface area contributed by atoms with Crippen LogP contribution in [0.3, 0.4) is 0 Å². The summed E-state index contributed by atoms with van der Waals surface area (Å²) in [5.41, 5.74) is 6.40. The Morgan fingerprint density at radius 2 is 2.22 bits per heavy atom. The third kappa shape index (κ3) is 2.68. The lowest BCUT2D eigenvalue weighted by Gasteiger charge is -2.14. The van der Waals surface area contributed by atoms with Gasteiger partial charge in [-0.1, -0.05) is 12.2 Å². The third-order valence-corrected chi connectivity index (χ3v) is 2.83. The normalized spacial score (nSPS) is 12.1. The predicted octanol–water partition coefficient (Wildman–Crippen LogP) is 2.79. The van der Waals surface area contributed by atoms with E-state index in [1.54, 1.807) is 12.3 Å². The predicted molar refractivity (Wildman–Crippen MR) is 75.6 cm³/mol. The molecule has 2 rings (SSSR count). The minimum Gasteiger partial charge on any atom is -0.464 e.